The van der Waals surface area contributed by atoms with Gasteiger partial charge in [0.25, 0.3) is 0 Å². The summed E-state index contributed by atoms with van der Waals surface area (Å²) in [6, 6.07) is 20.2. The third kappa shape index (κ3) is 3.93. The number of amides is 1. The molecule has 0 aliphatic rings. The maximum Gasteiger partial charge on any atom is 0.209 e. The molecule has 0 aromatic heterocycles. The first kappa shape index (κ1) is 14.3. The minimum absolute atomic E-state index is 0.0996. The molecule has 0 radical (unpaired) electrons. The Hall–Kier alpha value is -2.13. The van der Waals surface area contributed by atoms with E-state index in [2.05, 4.69) is 24.3 Å². The number of carbonyl (C=O) groups excluding carboxylic acids is 1. The van der Waals surface area contributed by atoms with E-state index in [0.29, 0.717) is 13.2 Å². The van der Waals surface area contributed by atoms with Crippen LogP contribution in [0.4, 0.5) is 0 Å². The van der Waals surface area contributed by atoms with Crippen molar-refractivity contribution in [2.45, 2.75) is 6.10 Å². The van der Waals surface area contributed by atoms with Gasteiger partial charge in [0, 0.05) is 13.6 Å². The summed E-state index contributed by atoms with van der Waals surface area (Å²) >= 11 is 0. The first-order valence-corrected chi connectivity index (χ1v) is 6.68. The standard InChI is InChI=1S/C17H19NO2/c1-18(14-19)12-13-20-17(15-8-4-2-5-9-15)16-10-6-3-7-11-16/h2-11,14,17H,12-13H2,1H3. The molecule has 1 amide bonds. The Morgan fingerprint density at radius 3 is 1.95 bits per heavy atom. The molecule has 2 aromatic rings. The van der Waals surface area contributed by atoms with E-state index in [1.807, 2.05) is 36.4 Å². The predicted octanol–water partition coefficient (Wildman–Crippen LogP) is 2.88. The molecule has 0 atom stereocenters. The van der Waals surface area contributed by atoms with E-state index in [0.717, 1.165) is 17.5 Å². The van der Waals surface area contributed by atoms with E-state index in [-0.39, 0.29) is 6.10 Å². The van der Waals surface area contributed by atoms with E-state index >= 15 is 0 Å². The molecule has 0 saturated heterocycles. The molecule has 0 aliphatic heterocycles. The summed E-state index contributed by atoms with van der Waals surface area (Å²) in [6.07, 6.45) is 0.709. The molecule has 0 saturated carbocycles. The molecule has 0 heterocycles. The number of likely N-dealkylation sites (N-methyl/N-ethyl adjacent to an activating group) is 1. The van der Waals surface area contributed by atoms with Crippen molar-refractivity contribution in [3.63, 3.8) is 0 Å². The SMILES string of the molecule is CN(C=O)CCOC(c1ccccc1)c1ccccc1. The second-order valence-electron chi connectivity index (χ2n) is 4.66. The number of hydrogen-bond acceptors (Lipinski definition) is 2. The molecular weight excluding hydrogens is 250 g/mol. The van der Waals surface area contributed by atoms with Crippen LogP contribution in [-0.2, 0) is 9.53 Å². The van der Waals surface area contributed by atoms with Gasteiger partial charge in [0.05, 0.1) is 6.61 Å². The zero-order valence-electron chi connectivity index (χ0n) is 11.6. The molecule has 20 heavy (non-hydrogen) atoms. The second-order valence-corrected chi connectivity index (χ2v) is 4.66. The average Bonchev–Trinajstić information content (AvgIpc) is 2.53. The lowest BCUT2D eigenvalue weighted by molar-refractivity contribution is -0.117. The maximum atomic E-state index is 10.6. The van der Waals surface area contributed by atoms with Crippen molar-refractivity contribution in [3.8, 4) is 0 Å². The zero-order chi connectivity index (χ0) is 14.2. The Morgan fingerprint density at radius 1 is 1.00 bits per heavy atom. The molecule has 0 aliphatic carbocycles. The van der Waals surface area contributed by atoms with Crippen LogP contribution in [0.25, 0.3) is 0 Å². The third-order valence-electron chi connectivity index (χ3n) is 3.11. The molecule has 0 spiro atoms. The largest absolute Gasteiger partial charge is 0.367 e. The molecule has 2 aromatic carbocycles. The van der Waals surface area contributed by atoms with Crippen molar-refractivity contribution < 1.29 is 9.53 Å². The van der Waals surface area contributed by atoms with E-state index in [1.165, 1.54) is 0 Å². The van der Waals surface area contributed by atoms with E-state index in [9.17, 15) is 4.79 Å². The first-order valence-electron chi connectivity index (χ1n) is 6.68. The van der Waals surface area contributed by atoms with Crippen LogP contribution >= 0.6 is 0 Å². The van der Waals surface area contributed by atoms with Gasteiger partial charge in [-0.2, -0.15) is 0 Å². The summed E-state index contributed by atoms with van der Waals surface area (Å²) < 4.78 is 5.99. The molecule has 0 N–H and O–H groups in total. The van der Waals surface area contributed by atoms with Crippen LogP contribution in [-0.4, -0.2) is 31.5 Å². The lowest BCUT2D eigenvalue weighted by Crippen LogP contribution is -2.22. The normalized spacial score (nSPS) is 10.5. The summed E-state index contributed by atoms with van der Waals surface area (Å²) in [5, 5.41) is 0. The van der Waals surface area contributed by atoms with Gasteiger partial charge in [0.2, 0.25) is 6.41 Å². The van der Waals surface area contributed by atoms with Crippen molar-refractivity contribution in [3.05, 3.63) is 71.8 Å². The van der Waals surface area contributed by atoms with Crippen LogP contribution in [0.1, 0.15) is 17.2 Å². The molecule has 0 fully saturated rings. The predicted molar refractivity (Wildman–Crippen MR) is 79.4 cm³/mol. The van der Waals surface area contributed by atoms with E-state index in [1.54, 1.807) is 11.9 Å². The van der Waals surface area contributed by atoms with Gasteiger partial charge in [-0.3, -0.25) is 4.79 Å². The van der Waals surface area contributed by atoms with Gasteiger partial charge in [0.15, 0.2) is 0 Å². The second kappa shape index (κ2) is 7.46. The lowest BCUT2D eigenvalue weighted by atomic mass is 10.0. The average molecular weight is 269 g/mol. The highest BCUT2D eigenvalue weighted by atomic mass is 16.5. The molecule has 2 rings (SSSR count). The number of carbonyl (C=O) groups is 1. The van der Waals surface area contributed by atoms with Gasteiger partial charge in [-0.15, -0.1) is 0 Å². The van der Waals surface area contributed by atoms with E-state index in [4.69, 9.17) is 4.74 Å². The number of ether oxygens (including phenoxy) is 1. The number of benzene rings is 2. The monoisotopic (exact) mass is 269 g/mol. The van der Waals surface area contributed by atoms with Gasteiger partial charge in [-0.25, -0.2) is 0 Å². The highest BCUT2D eigenvalue weighted by Crippen LogP contribution is 2.25. The fourth-order valence-electron chi connectivity index (χ4n) is 2.01. The molecule has 104 valence electrons. The summed E-state index contributed by atoms with van der Waals surface area (Å²) in [4.78, 5) is 12.2. The van der Waals surface area contributed by atoms with Gasteiger partial charge < -0.3 is 9.64 Å². The minimum Gasteiger partial charge on any atom is -0.367 e. The molecular formula is C17H19NO2. The van der Waals surface area contributed by atoms with Crippen molar-refractivity contribution in [1.29, 1.82) is 0 Å². The fraction of sp³-hybridized carbons (Fsp3) is 0.235. The Bertz CT molecular complexity index is 474. The highest BCUT2D eigenvalue weighted by molar-refractivity contribution is 5.46. The van der Waals surface area contributed by atoms with Crippen LogP contribution in [0.15, 0.2) is 60.7 Å². The summed E-state index contributed by atoms with van der Waals surface area (Å²) in [6.45, 7) is 1.09. The van der Waals surface area contributed by atoms with Gasteiger partial charge in [0.1, 0.15) is 6.10 Å². The Kier molecular flexibility index (Phi) is 5.33. The smallest absolute Gasteiger partial charge is 0.209 e. The molecule has 3 heteroatoms. The van der Waals surface area contributed by atoms with Crippen molar-refractivity contribution in [2.75, 3.05) is 20.2 Å². The molecule has 0 bridgehead atoms. The van der Waals surface area contributed by atoms with Crippen LogP contribution < -0.4 is 0 Å². The quantitative estimate of drug-likeness (QED) is 0.723. The Balaban J connectivity index is 2.11. The zero-order valence-corrected chi connectivity index (χ0v) is 11.6. The fourth-order valence-corrected chi connectivity index (χ4v) is 2.01. The van der Waals surface area contributed by atoms with Gasteiger partial charge in [-0.05, 0) is 11.1 Å². The first-order chi connectivity index (χ1) is 9.81. The Morgan fingerprint density at radius 2 is 1.50 bits per heavy atom. The van der Waals surface area contributed by atoms with Crippen molar-refractivity contribution in [1.82, 2.24) is 4.90 Å². The summed E-state index contributed by atoms with van der Waals surface area (Å²) in [7, 11) is 1.75. The minimum atomic E-state index is -0.0996. The van der Waals surface area contributed by atoms with E-state index < -0.39 is 0 Å². The number of nitrogens with zero attached hydrogens (tertiary/aromatic N) is 1. The molecule has 0 unspecified atom stereocenters. The van der Waals surface area contributed by atoms with Gasteiger partial charge >= 0.3 is 0 Å². The summed E-state index contributed by atoms with van der Waals surface area (Å²) in [5.74, 6) is 0. The highest BCUT2D eigenvalue weighted by Gasteiger charge is 2.14. The van der Waals surface area contributed by atoms with Crippen molar-refractivity contribution in [2.24, 2.45) is 0 Å². The summed E-state index contributed by atoms with van der Waals surface area (Å²) in [5.41, 5.74) is 2.24. The number of hydrogen-bond donors (Lipinski definition) is 0. The maximum absolute atomic E-state index is 10.6. The van der Waals surface area contributed by atoms with Crippen LogP contribution in [0.5, 0.6) is 0 Å². The van der Waals surface area contributed by atoms with Gasteiger partial charge in [-0.1, -0.05) is 60.7 Å². The van der Waals surface area contributed by atoms with Crippen LogP contribution in [0.3, 0.4) is 0 Å². The van der Waals surface area contributed by atoms with Crippen LogP contribution in [0, 0.1) is 0 Å². The lowest BCUT2D eigenvalue weighted by Gasteiger charge is -2.20. The third-order valence-corrected chi connectivity index (χ3v) is 3.11. The van der Waals surface area contributed by atoms with Crippen molar-refractivity contribution >= 4 is 6.41 Å². The van der Waals surface area contributed by atoms with Crippen LogP contribution in [0.2, 0.25) is 0 Å². The topological polar surface area (TPSA) is 29.5 Å². The Labute approximate surface area is 119 Å². The molecule has 3 nitrogen and oxygen atoms in total. The number of rotatable bonds is 7.